The number of rotatable bonds is 4. The van der Waals surface area contributed by atoms with Crippen molar-refractivity contribution in [3.05, 3.63) is 59.7 Å². The Morgan fingerprint density at radius 2 is 1.89 bits per heavy atom. The maximum Gasteiger partial charge on any atom is 0.410 e. The Morgan fingerprint density at radius 1 is 1.19 bits per heavy atom. The summed E-state index contributed by atoms with van der Waals surface area (Å²) in [7, 11) is 0. The molecule has 1 aromatic carbocycles. The molecule has 1 N–H and O–H groups in total. The van der Waals surface area contributed by atoms with Crippen LogP contribution in [0.5, 0.6) is 0 Å². The number of hydrogen-bond donors (Lipinski definition) is 1. The first-order valence-electron chi connectivity index (χ1n) is 8.84. The summed E-state index contributed by atoms with van der Waals surface area (Å²) in [6.07, 6.45) is 5.99. The number of carboxylic acid groups (broad SMARTS) is 1. The lowest BCUT2D eigenvalue weighted by molar-refractivity contribution is -0.132. The first-order valence-corrected chi connectivity index (χ1v) is 9.58. The van der Waals surface area contributed by atoms with Gasteiger partial charge in [0.05, 0.1) is 21.7 Å². The fourth-order valence-electron chi connectivity index (χ4n) is 3.45. The number of carbonyl (C=O) groups is 2. The zero-order valence-corrected chi connectivity index (χ0v) is 15.6. The minimum absolute atomic E-state index is 0.0851. The van der Waals surface area contributed by atoms with Crippen molar-refractivity contribution >= 4 is 28.2 Å². The second-order valence-electron chi connectivity index (χ2n) is 6.64. The Morgan fingerprint density at radius 3 is 2.52 bits per heavy atom. The molecule has 2 aliphatic rings. The van der Waals surface area contributed by atoms with Crippen LogP contribution in [0, 0.1) is 11.8 Å². The number of amides is 1. The Balaban J connectivity index is 1.53. The molecule has 1 aromatic rings. The van der Waals surface area contributed by atoms with E-state index < -0.39 is 5.97 Å². The molecule has 0 bridgehead atoms. The highest BCUT2D eigenvalue weighted by Gasteiger charge is 2.31. The van der Waals surface area contributed by atoms with Gasteiger partial charge in [0.15, 0.2) is 0 Å². The van der Waals surface area contributed by atoms with Crippen molar-refractivity contribution < 1.29 is 23.6 Å². The standard InChI is InChI=1S/C20H21NO5S/c22-19(23)16-6-7-17(18(12-16)27-25)15-8-10-21(11-9-15)20(24)26-13-14-4-2-1-3-5-14/h1-7,12,15,17H,8-11,13H2,(H,22,23). The van der Waals surface area contributed by atoms with E-state index in [4.69, 9.17) is 9.84 Å². The minimum atomic E-state index is -1.03. The maximum absolute atomic E-state index is 12.2. The largest absolute Gasteiger partial charge is 0.478 e. The second kappa shape index (κ2) is 8.81. The highest BCUT2D eigenvalue weighted by Crippen LogP contribution is 2.30. The smallest absolute Gasteiger partial charge is 0.410 e. The third kappa shape index (κ3) is 4.74. The number of aliphatic carboxylic acids is 1. The van der Waals surface area contributed by atoms with Crippen LogP contribution in [-0.4, -0.2) is 44.2 Å². The van der Waals surface area contributed by atoms with Crippen molar-refractivity contribution in [2.75, 3.05) is 13.1 Å². The summed E-state index contributed by atoms with van der Waals surface area (Å²) in [4.78, 5) is 25.5. The molecule has 0 radical (unpaired) electrons. The molecule has 1 unspecified atom stereocenters. The van der Waals surface area contributed by atoms with Crippen molar-refractivity contribution in [1.82, 2.24) is 4.90 Å². The summed E-state index contributed by atoms with van der Waals surface area (Å²) in [5.74, 6) is -0.909. The van der Waals surface area contributed by atoms with Crippen LogP contribution in [0.2, 0.25) is 0 Å². The van der Waals surface area contributed by atoms with Gasteiger partial charge in [-0.2, -0.15) is 0 Å². The van der Waals surface area contributed by atoms with Gasteiger partial charge in [-0.15, -0.1) is 0 Å². The van der Waals surface area contributed by atoms with Gasteiger partial charge in [-0.1, -0.05) is 42.5 Å². The monoisotopic (exact) mass is 387 g/mol. The van der Waals surface area contributed by atoms with Crippen molar-refractivity contribution in [2.45, 2.75) is 19.4 Å². The first kappa shape index (κ1) is 19.1. The van der Waals surface area contributed by atoms with Gasteiger partial charge in [0.1, 0.15) is 6.61 Å². The molecule has 1 saturated heterocycles. The molecule has 1 aliphatic heterocycles. The number of hydrogen-bond acceptors (Lipinski definition) is 4. The maximum atomic E-state index is 12.2. The summed E-state index contributed by atoms with van der Waals surface area (Å²) in [6, 6.07) is 9.53. The highest BCUT2D eigenvalue weighted by molar-refractivity contribution is 7.67. The molecule has 1 atom stereocenters. The lowest BCUT2D eigenvalue weighted by atomic mass is 9.79. The highest BCUT2D eigenvalue weighted by atomic mass is 32.1. The molecule has 6 nitrogen and oxygen atoms in total. The Labute approximate surface area is 161 Å². The number of piperidine rings is 1. The Bertz CT molecular complexity index is 818. The van der Waals surface area contributed by atoms with E-state index >= 15 is 0 Å². The molecule has 1 aliphatic carbocycles. The van der Waals surface area contributed by atoms with Crippen LogP contribution in [0.4, 0.5) is 4.79 Å². The molecule has 142 valence electrons. The average molecular weight is 387 g/mol. The molecule has 1 amide bonds. The van der Waals surface area contributed by atoms with Crippen LogP contribution < -0.4 is 0 Å². The number of nitrogens with zero attached hydrogens (tertiary/aromatic N) is 1. The van der Waals surface area contributed by atoms with E-state index in [2.05, 4.69) is 0 Å². The molecule has 0 saturated carbocycles. The Kier molecular flexibility index (Phi) is 6.24. The summed E-state index contributed by atoms with van der Waals surface area (Å²) in [5, 5.41) is 9.07. The lowest BCUT2D eigenvalue weighted by Gasteiger charge is -2.35. The van der Waals surface area contributed by atoms with Gasteiger partial charge in [0, 0.05) is 19.0 Å². The number of benzene rings is 1. The van der Waals surface area contributed by atoms with Crippen molar-refractivity contribution in [3.63, 3.8) is 0 Å². The summed E-state index contributed by atoms with van der Waals surface area (Å²) < 4.78 is 16.8. The quantitative estimate of drug-likeness (QED) is 0.803. The van der Waals surface area contributed by atoms with Gasteiger partial charge in [0.2, 0.25) is 0 Å². The van der Waals surface area contributed by atoms with Gasteiger partial charge in [0.25, 0.3) is 0 Å². The number of ether oxygens (including phenoxy) is 1. The summed E-state index contributed by atoms with van der Waals surface area (Å²) in [5.41, 5.74) is 1.08. The number of carboxylic acids is 1. The summed E-state index contributed by atoms with van der Waals surface area (Å²) >= 11 is 0.352. The van der Waals surface area contributed by atoms with Crippen LogP contribution in [0.3, 0.4) is 0 Å². The van der Waals surface area contributed by atoms with E-state index in [9.17, 15) is 13.8 Å². The lowest BCUT2D eigenvalue weighted by Crippen LogP contribution is -2.41. The predicted octanol–water partition coefficient (Wildman–Crippen LogP) is 2.62. The summed E-state index contributed by atoms with van der Waals surface area (Å²) in [6.45, 7) is 1.38. The molecule has 7 heteroatoms. The second-order valence-corrected chi connectivity index (χ2v) is 7.28. The molecule has 3 rings (SSSR count). The molecule has 1 heterocycles. The molecule has 0 spiro atoms. The SMILES string of the molecule is O=S=C1C=C(C(=O)O)C=CC1C1CCN(C(=O)OCc2ccccc2)CC1. The molecule has 0 aromatic heterocycles. The average Bonchev–Trinajstić information content (AvgIpc) is 2.72. The van der Waals surface area contributed by atoms with Crippen molar-refractivity contribution in [2.24, 2.45) is 11.8 Å². The van der Waals surface area contributed by atoms with Gasteiger partial charge in [-0.05, 0) is 30.4 Å². The van der Waals surface area contributed by atoms with Crippen LogP contribution in [0.15, 0.2) is 54.1 Å². The van der Waals surface area contributed by atoms with E-state index in [-0.39, 0.29) is 30.1 Å². The third-order valence-corrected chi connectivity index (χ3v) is 5.55. The topological polar surface area (TPSA) is 83.9 Å². The zero-order chi connectivity index (χ0) is 19.2. The van der Waals surface area contributed by atoms with Crippen LogP contribution in [-0.2, 0) is 27.4 Å². The van der Waals surface area contributed by atoms with Gasteiger partial charge in [-0.25, -0.2) is 13.8 Å². The molecular formula is C20H21NO5S. The molecule has 1 fully saturated rings. The minimum Gasteiger partial charge on any atom is -0.478 e. The number of likely N-dealkylation sites (tertiary alicyclic amines) is 1. The van der Waals surface area contributed by atoms with E-state index in [1.165, 1.54) is 6.08 Å². The van der Waals surface area contributed by atoms with E-state index in [0.29, 0.717) is 29.2 Å². The number of allylic oxidation sites excluding steroid dienone is 2. The van der Waals surface area contributed by atoms with Gasteiger partial charge in [-0.3, -0.25) is 0 Å². The first-order chi connectivity index (χ1) is 13.1. The van der Waals surface area contributed by atoms with Crippen molar-refractivity contribution in [3.8, 4) is 0 Å². The normalized spacial score (nSPS) is 20.1. The fraction of sp³-hybridized carbons (Fsp3) is 0.350. The zero-order valence-electron chi connectivity index (χ0n) is 14.7. The van der Waals surface area contributed by atoms with Gasteiger partial charge >= 0.3 is 12.1 Å². The van der Waals surface area contributed by atoms with Crippen molar-refractivity contribution in [1.29, 1.82) is 0 Å². The molecule has 27 heavy (non-hydrogen) atoms. The van der Waals surface area contributed by atoms with Gasteiger partial charge < -0.3 is 14.7 Å². The predicted molar refractivity (Wildman–Crippen MR) is 102 cm³/mol. The van der Waals surface area contributed by atoms with Crippen LogP contribution in [0.25, 0.3) is 0 Å². The van der Waals surface area contributed by atoms with E-state index in [1.807, 2.05) is 30.3 Å². The number of carbonyl (C=O) groups excluding carboxylic acids is 1. The third-order valence-electron chi connectivity index (χ3n) is 4.96. The van der Waals surface area contributed by atoms with Crippen LogP contribution >= 0.6 is 0 Å². The van der Waals surface area contributed by atoms with E-state index in [0.717, 1.165) is 18.4 Å². The van der Waals surface area contributed by atoms with Crippen LogP contribution in [0.1, 0.15) is 18.4 Å². The van der Waals surface area contributed by atoms with E-state index in [1.54, 1.807) is 17.1 Å². The Hall–Kier alpha value is -2.67. The molecular weight excluding hydrogens is 366 g/mol. The fourth-order valence-corrected chi connectivity index (χ4v) is 4.01.